The summed E-state index contributed by atoms with van der Waals surface area (Å²) >= 11 is 0. The molecule has 1 fully saturated rings. The largest absolute Gasteiger partial charge is 0.497 e. The van der Waals surface area contributed by atoms with E-state index in [0.29, 0.717) is 5.92 Å². The van der Waals surface area contributed by atoms with Gasteiger partial charge in [0, 0.05) is 17.0 Å². The lowest BCUT2D eigenvalue weighted by Crippen LogP contribution is -2.25. The molecule has 0 saturated heterocycles. The van der Waals surface area contributed by atoms with Gasteiger partial charge >= 0.3 is 0 Å². The first-order valence-electron chi connectivity index (χ1n) is 7.45. The quantitative estimate of drug-likeness (QED) is 0.934. The number of hydrogen-bond donors (Lipinski definition) is 1. The van der Waals surface area contributed by atoms with Crippen molar-refractivity contribution >= 4 is 5.82 Å². The van der Waals surface area contributed by atoms with Crippen molar-refractivity contribution in [3.63, 3.8) is 0 Å². The molecule has 0 radical (unpaired) electrons. The number of aromatic nitrogens is 2. The molecule has 112 valence electrons. The maximum atomic E-state index is 6.43. The molecule has 0 bridgehead atoms. The van der Waals surface area contributed by atoms with E-state index in [9.17, 15) is 0 Å². The molecule has 1 heterocycles. The van der Waals surface area contributed by atoms with Crippen LogP contribution in [0, 0.1) is 0 Å². The van der Waals surface area contributed by atoms with Gasteiger partial charge in [-0.25, -0.2) is 4.98 Å². The highest BCUT2D eigenvalue weighted by molar-refractivity contribution is 5.72. The van der Waals surface area contributed by atoms with Crippen molar-refractivity contribution in [2.24, 2.45) is 0 Å². The molecular formula is C17H23N3O. The maximum absolute atomic E-state index is 6.43. The summed E-state index contributed by atoms with van der Waals surface area (Å²) in [6.45, 7) is 6.53. The Hall–Kier alpha value is -1.97. The van der Waals surface area contributed by atoms with Crippen molar-refractivity contribution in [1.29, 1.82) is 0 Å². The fraction of sp³-hybridized carbons (Fsp3) is 0.471. The Morgan fingerprint density at radius 2 is 1.81 bits per heavy atom. The third kappa shape index (κ3) is 2.50. The number of ether oxygens (including phenoxy) is 1. The first-order valence-corrected chi connectivity index (χ1v) is 7.45. The van der Waals surface area contributed by atoms with Crippen LogP contribution in [0.3, 0.4) is 0 Å². The molecule has 0 atom stereocenters. The van der Waals surface area contributed by atoms with E-state index < -0.39 is 0 Å². The molecule has 0 unspecified atom stereocenters. The molecule has 1 aromatic heterocycles. The number of nitrogens with two attached hydrogens (primary N) is 1. The Balaban J connectivity index is 2.10. The first-order chi connectivity index (χ1) is 9.91. The zero-order valence-electron chi connectivity index (χ0n) is 13.2. The number of nitrogens with zero attached hydrogens (tertiary/aromatic N) is 2. The van der Waals surface area contributed by atoms with Crippen LogP contribution in [0.5, 0.6) is 5.75 Å². The lowest BCUT2D eigenvalue weighted by molar-refractivity contribution is 0.388. The molecule has 3 rings (SSSR count). The highest BCUT2D eigenvalue weighted by atomic mass is 16.5. The molecule has 0 amide bonds. The number of anilines is 1. The fourth-order valence-corrected chi connectivity index (χ4v) is 2.73. The number of benzene rings is 1. The van der Waals surface area contributed by atoms with Gasteiger partial charge in [0.1, 0.15) is 23.1 Å². The second-order valence-corrected chi connectivity index (χ2v) is 6.71. The topological polar surface area (TPSA) is 53.1 Å². The molecule has 2 aromatic rings. The van der Waals surface area contributed by atoms with Gasteiger partial charge in [-0.15, -0.1) is 0 Å². The third-order valence-electron chi connectivity index (χ3n) is 3.92. The second-order valence-electron chi connectivity index (χ2n) is 6.71. The molecule has 21 heavy (non-hydrogen) atoms. The van der Waals surface area contributed by atoms with E-state index >= 15 is 0 Å². The predicted molar refractivity (Wildman–Crippen MR) is 85.6 cm³/mol. The van der Waals surface area contributed by atoms with Gasteiger partial charge in [-0.05, 0) is 57.9 Å². The average molecular weight is 285 g/mol. The maximum Gasteiger partial charge on any atom is 0.132 e. The molecule has 1 aliphatic carbocycles. The average Bonchev–Trinajstić information content (AvgIpc) is 3.21. The summed E-state index contributed by atoms with van der Waals surface area (Å²) in [7, 11) is 1.67. The van der Waals surface area contributed by atoms with E-state index in [1.54, 1.807) is 7.11 Å². The number of hydrogen-bond acceptors (Lipinski definition) is 3. The van der Waals surface area contributed by atoms with Crippen molar-refractivity contribution in [1.82, 2.24) is 9.55 Å². The van der Waals surface area contributed by atoms with E-state index in [-0.39, 0.29) is 5.54 Å². The minimum absolute atomic E-state index is 0.0558. The normalized spacial score (nSPS) is 15.2. The molecule has 4 nitrogen and oxygen atoms in total. The Morgan fingerprint density at radius 1 is 1.19 bits per heavy atom. The van der Waals surface area contributed by atoms with Crippen molar-refractivity contribution in [3.8, 4) is 17.0 Å². The van der Waals surface area contributed by atoms with Crippen molar-refractivity contribution < 1.29 is 4.74 Å². The molecule has 1 saturated carbocycles. The highest BCUT2D eigenvalue weighted by Gasteiger charge is 2.34. The number of methoxy groups -OCH3 is 1. The van der Waals surface area contributed by atoms with Gasteiger partial charge in [-0.2, -0.15) is 0 Å². The smallest absolute Gasteiger partial charge is 0.132 e. The van der Waals surface area contributed by atoms with Gasteiger partial charge < -0.3 is 15.0 Å². The van der Waals surface area contributed by atoms with Gasteiger partial charge in [-0.3, -0.25) is 0 Å². The zero-order chi connectivity index (χ0) is 15.2. The van der Waals surface area contributed by atoms with Gasteiger partial charge in [0.25, 0.3) is 0 Å². The SMILES string of the molecule is COc1ccc(-c2nc(C3CC3)n(C(C)(C)C)c2N)cc1. The summed E-state index contributed by atoms with van der Waals surface area (Å²) < 4.78 is 7.41. The summed E-state index contributed by atoms with van der Waals surface area (Å²) in [5.74, 6) is 3.30. The second kappa shape index (κ2) is 4.79. The summed E-state index contributed by atoms with van der Waals surface area (Å²) in [6, 6.07) is 7.92. The first kappa shape index (κ1) is 14.0. The van der Waals surface area contributed by atoms with Crippen LogP contribution in [0.15, 0.2) is 24.3 Å². The van der Waals surface area contributed by atoms with Gasteiger partial charge in [0.15, 0.2) is 0 Å². The molecular weight excluding hydrogens is 262 g/mol. The summed E-state index contributed by atoms with van der Waals surface area (Å²) in [4.78, 5) is 4.86. The molecule has 2 N–H and O–H groups in total. The Labute approximate surface area is 125 Å². The highest BCUT2D eigenvalue weighted by Crippen LogP contribution is 2.44. The van der Waals surface area contributed by atoms with Crippen molar-refractivity contribution in [3.05, 3.63) is 30.1 Å². The van der Waals surface area contributed by atoms with Crippen molar-refractivity contribution in [2.45, 2.75) is 45.1 Å². The van der Waals surface area contributed by atoms with Gasteiger partial charge in [-0.1, -0.05) is 0 Å². The van der Waals surface area contributed by atoms with Crippen molar-refractivity contribution in [2.75, 3.05) is 12.8 Å². The summed E-state index contributed by atoms with van der Waals surface area (Å²) in [5, 5.41) is 0. The molecule has 1 aliphatic rings. The van der Waals surface area contributed by atoms with Crippen LogP contribution in [-0.4, -0.2) is 16.7 Å². The molecule has 1 aromatic carbocycles. The Morgan fingerprint density at radius 3 is 2.29 bits per heavy atom. The molecule has 4 heteroatoms. The van der Waals surface area contributed by atoms with Crippen LogP contribution in [-0.2, 0) is 5.54 Å². The third-order valence-corrected chi connectivity index (χ3v) is 3.92. The van der Waals surface area contributed by atoms with Crippen LogP contribution in [0.25, 0.3) is 11.3 Å². The van der Waals surface area contributed by atoms with Gasteiger partial charge in [0.05, 0.1) is 7.11 Å². The van der Waals surface area contributed by atoms with Crippen LogP contribution in [0.1, 0.15) is 45.4 Å². The Bertz CT molecular complexity index is 646. The Kier molecular flexibility index (Phi) is 3.19. The van der Waals surface area contributed by atoms with Crippen LogP contribution in [0.2, 0.25) is 0 Å². The zero-order valence-corrected chi connectivity index (χ0v) is 13.2. The fourth-order valence-electron chi connectivity index (χ4n) is 2.73. The molecule has 0 aliphatic heterocycles. The summed E-state index contributed by atoms with van der Waals surface area (Å²) in [5.41, 5.74) is 8.30. The van der Waals surface area contributed by atoms with E-state index in [4.69, 9.17) is 15.5 Å². The lowest BCUT2D eigenvalue weighted by Gasteiger charge is -2.25. The van der Waals surface area contributed by atoms with Gasteiger partial charge in [0.2, 0.25) is 0 Å². The minimum atomic E-state index is -0.0558. The van der Waals surface area contributed by atoms with E-state index in [1.807, 2.05) is 24.3 Å². The summed E-state index contributed by atoms with van der Waals surface area (Å²) in [6.07, 6.45) is 2.43. The van der Waals surface area contributed by atoms with E-state index in [1.165, 1.54) is 12.8 Å². The number of nitrogen functional groups attached to an aromatic ring is 1. The van der Waals surface area contributed by atoms with Crippen LogP contribution >= 0.6 is 0 Å². The van der Waals surface area contributed by atoms with Crippen LogP contribution < -0.4 is 10.5 Å². The lowest BCUT2D eigenvalue weighted by atomic mass is 10.1. The predicted octanol–water partition coefficient (Wildman–Crippen LogP) is 3.77. The van der Waals surface area contributed by atoms with Crippen LogP contribution in [0.4, 0.5) is 5.82 Å². The number of imidazole rings is 1. The minimum Gasteiger partial charge on any atom is -0.497 e. The standard InChI is InChI=1S/C17H23N3O/c1-17(2,3)20-15(18)14(19-16(20)12-5-6-12)11-7-9-13(21-4)10-8-11/h7-10,12H,5-6,18H2,1-4H3. The molecule has 0 spiro atoms. The number of rotatable bonds is 3. The monoisotopic (exact) mass is 285 g/mol. The van der Waals surface area contributed by atoms with E-state index in [2.05, 4.69) is 25.3 Å². The van der Waals surface area contributed by atoms with E-state index in [0.717, 1.165) is 28.6 Å².